The van der Waals surface area contributed by atoms with Crippen LogP contribution in [0, 0.1) is 0 Å². The molecule has 0 aliphatic carbocycles. The highest BCUT2D eigenvalue weighted by Crippen LogP contribution is 2.41. The Balaban J connectivity index is 1.99. The Bertz CT molecular complexity index is 1090. The summed E-state index contributed by atoms with van der Waals surface area (Å²) in [6.07, 6.45) is 5.55. The predicted molar refractivity (Wildman–Crippen MR) is 139 cm³/mol. The summed E-state index contributed by atoms with van der Waals surface area (Å²) in [7, 11) is 1.59. The molecule has 1 atom stereocenters. The lowest BCUT2D eigenvalue weighted by Gasteiger charge is -2.27. The zero-order valence-corrected chi connectivity index (χ0v) is 21.2. The molecular formula is C29H35NO6. The van der Waals surface area contributed by atoms with Crippen molar-refractivity contribution >= 4 is 17.8 Å². The lowest BCUT2D eigenvalue weighted by Crippen LogP contribution is -2.32. The predicted octanol–water partition coefficient (Wildman–Crippen LogP) is 5.28. The minimum absolute atomic E-state index is 0.0479. The maximum atomic E-state index is 13.3. The molecule has 0 saturated carbocycles. The summed E-state index contributed by atoms with van der Waals surface area (Å²) in [4.78, 5) is 27.9. The fraction of sp³-hybridized carbons (Fsp3) is 0.379. The molecule has 1 unspecified atom stereocenters. The molecule has 1 aliphatic heterocycles. The zero-order chi connectivity index (χ0) is 25.9. The van der Waals surface area contributed by atoms with Gasteiger partial charge in [0, 0.05) is 20.3 Å². The summed E-state index contributed by atoms with van der Waals surface area (Å²) >= 11 is 0. The fourth-order valence-electron chi connectivity index (χ4n) is 4.10. The van der Waals surface area contributed by atoms with Crippen LogP contribution in [0.4, 0.5) is 0 Å². The molecule has 1 heterocycles. The number of ether oxygens (including phenoxy) is 3. The molecule has 0 aromatic heterocycles. The van der Waals surface area contributed by atoms with E-state index in [4.69, 9.17) is 14.2 Å². The van der Waals surface area contributed by atoms with E-state index < -0.39 is 23.5 Å². The van der Waals surface area contributed by atoms with Gasteiger partial charge in [0.05, 0.1) is 24.8 Å². The molecule has 7 nitrogen and oxygen atoms in total. The molecule has 36 heavy (non-hydrogen) atoms. The van der Waals surface area contributed by atoms with Gasteiger partial charge >= 0.3 is 0 Å². The van der Waals surface area contributed by atoms with Gasteiger partial charge in [-0.15, -0.1) is 0 Å². The van der Waals surface area contributed by atoms with Gasteiger partial charge in [-0.1, -0.05) is 55.8 Å². The Hall–Kier alpha value is -3.58. The highest BCUT2D eigenvalue weighted by molar-refractivity contribution is 6.14. The molecule has 0 radical (unpaired) electrons. The molecule has 1 amide bonds. The third-order valence-electron chi connectivity index (χ3n) is 5.88. The molecule has 2 aromatic carbocycles. The number of rotatable bonds is 14. The summed E-state index contributed by atoms with van der Waals surface area (Å²) in [5.41, 5.74) is 1.55. The summed E-state index contributed by atoms with van der Waals surface area (Å²) in [5.74, 6) is -0.386. The molecule has 0 fully saturated rings. The number of allylic oxidation sites excluding steroid dienone is 1. The van der Waals surface area contributed by atoms with Gasteiger partial charge in [0.25, 0.3) is 5.91 Å². The van der Waals surface area contributed by atoms with Gasteiger partial charge in [-0.25, -0.2) is 0 Å². The number of benzene rings is 2. The van der Waals surface area contributed by atoms with Crippen LogP contribution in [0.3, 0.4) is 0 Å². The summed E-state index contributed by atoms with van der Waals surface area (Å²) in [5, 5.41) is 10.8. The first-order chi connectivity index (χ1) is 17.5. The average Bonchev–Trinajstić information content (AvgIpc) is 3.14. The van der Waals surface area contributed by atoms with Gasteiger partial charge in [-0.2, -0.15) is 0 Å². The number of hydrogen-bond acceptors (Lipinski definition) is 6. The van der Waals surface area contributed by atoms with Crippen molar-refractivity contribution in [2.45, 2.75) is 39.2 Å². The maximum absolute atomic E-state index is 13.3. The van der Waals surface area contributed by atoms with Gasteiger partial charge in [-0.3, -0.25) is 9.59 Å². The molecule has 0 bridgehead atoms. The third kappa shape index (κ3) is 6.55. The summed E-state index contributed by atoms with van der Waals surface area (Å²) in [6.45, 7) is 5.74. The Morgan fingerprint density at radius 1 is 1.03 bits per heavy atom. The molecular weight excluding hydrogens is 458 g/mol. The topological polar surface area (TPSA) is 85.3 Å². The second-order valence-corrected chi connectivity index (χ2v) is 8.46. The zero-order valence-electron chi connectivity index (χ0n) is 21.2. The lowest BCUT2D eigenvalue weighted by atomic mass is 9.95. The van der Waals surface area contributed by atoms with Crippen molar-refractivity contribution in [2.75, 3.05) is 33.5 Å². The van der Waals surface area contributed by atoms with E-state index in [1.165, 1.54) is 11.0 Å². The minimum Gasteiger partial charge on any atom is -0.503 e. The van der Waals surface area contributed by atoms with E-state index in [9.17, 15) is 14.7 Å². The number of hydrogen-bond donors (Lipinski definition) is 1. The van der Waals surface area contributed by atoms with Crippen molar-refractivity contribution in [3.63, 3.8) is 0 Å². The second-order valence-electron chi connectivity index (χ2n) is 8.46. The van der Waals surface area contributed by atoms with Crippen LogP contribution in [0.5, 0.6) is 11.5 Å². The molecule has 7 heteroatoms. The SMILES string of the molecule is CCCCOc1ccc(C2C(C(=O)C=Cc3ccccc3)=C(O)C(=O)N2CCCOC)cc1OCC. The fourth-order valence-corrected chi connectivity index (χ4v) is 4.10. The van der Waals surface area contributed by atoms with Crippen LogP contribution in [0.15, 0.2) is 65.9 Å². The number of aliphatic hydroxyl groups is 1. The molecule has 192 valence electrons. The number of amides is 1. The molecule has 3 rings (SSSR count). The van der Waals surface area contributed by atoms with Gasteiger partial charge < -0.3 is 24.2 Å². The van der Waals surface area contributed by atoms with Crippen LogP contribution < -0.4 is 9.47 Å². The van der Waals surface area contributed by atoms with E-state index in [0.29, 0.717) is 49.8 Å². The van der Waals surface area contributed by atoms with Crippen LogP contribution >= 0.6 is 0 Å². The lowest BCUT2D eigenvalue weighted by molar-refractivity contribution is -0.129. The normalized spacial score (nSPS) is 15.7. The highest BCUT2D eigenvalue weighted by atomic mass is 16.5. The number of nitrogens with zero attached hydrogens (tertiary/aromatic N) is 1. The van der Waals surface area contributed by atoms with E-state index >= 15 is 0 Å². The standard InChI is InChI=1S/C29H35NO6/c1-4-6-19-36-24-16-14-22(20-25(24)35-5-2)27-26(23(31)15-13-21-11-8-7-9-12-21)28(32)29(33)30(27)17-10-18-34-3/h7-9,11-16,20,27,32H,4-6,10,17-19H2,1-3H3. The Morgan fingerprint density at radius 2 is 1.81 bits per heavy atom. The van der Waals surface area contributed by atoms with Crippen LogP contribution in [0.1, 0.15) is 50.3 Å². The first-order valence-corrected chi connectivity index (χ1v) is 12.4. The first kappa shape index (κ1) is 27.0. The van der Waals surface area contributed by atoms with Crippen molar-refractivity contribution in [3.8, 4) is 11.5 Å². The third-order valence-corrected chi connectivity index (χ3v) is 5.88. The van der Waals surface area contributed by atoms with Gasteiger partial charge in [0.15, 0.2) is 23.0 Å². The van der Waals surface area contributed by atoms with Crippen LogP contribution in [-0.2, 0) is 14.3 Å². The van der Waals surface area contributed by atoms with Crippen LogP contribution in [0.25, 0.3) is 6.08 Å². The maximum Gasteiger partial charge on any atom is 0.290 e. The summed E-state index contributed by atoms with van der Waals surface area (Å²) in [6, 6.07) is 14.0. The Labute approximate surface area is 213 Å². The monoisotopic (exact) mass is 493 g/mol. The number of unbranched alkanes of at least 4 members (excludes halogenated alkanes) is 1. The van der Waals surface area contributed by atoms with Gasteiger partial charge in [0.1, 0.15) is 0 Å². The quantitative estimate of drug-likeness (QED) is 0.285. The van der Waals surface area contributed by atoms with Gasteiger partial charge in [0.2, 0.25) is 0 Å². The van der Waals surface area contributed by atoms with Gasteiger partial charge in [-0.05, 0) is 49.1 Å². The van der Waals surface area contributed by atoms with E-state index in [1.807, 2.05) is 43.3 Å². The van der Waals surface area contributed by atoms with E-state index in [1.54, 1.807) is 25.3 Å². The van der Waals surface area contributed by atoms with Crippen molar-refractivity contribution in [1.29, 1.82) is 0 Å². The van der Waals surface area contributed by atoms with Crippen molar-refractivity contribution in [1.82, 2.24) is 4.90 Å². The number of carbonyl (C=O) groups is 2. The number of ketones is 1. The van der Waals surface area contributed by atoms with Crippen LogP contribution in [0.2, 0.25) is 0 Å². The number of aliphatic hydroxyl groups excluding tert-OH is 1. The largest absolute Gasteiger partial charge is 0.503 e. The molecule has 1 N–H and O–H groups in total. The highest BCUT2D eigenvalue weighted by Gasteiger charge is 2.42. The molecule has 2 aromatic rings. The van der Waals surface area contributed by atoms with Crippen LogP contribution in [-0.4, -0.2) is 55.2 Å². The molecule has 1 aliphatic rings. The Kier molecular flexibility index (Phi) is 10.1. The first-order valence-electron chi connectivity index (χ1n) is 12.4. The number of methoxy groups -OCH3 is 1. The smallest absolute Gasteiger partial charge is 0.290 e. The average molecular weight is 494 g/mol. The minimum atomic E-state index is -0.758. The van der Waals surface area contributed by atoms with Crippen molar-refractivity contribution in [3.05, 3.63) is 77.1 Å². The summed E-state index contributed by atoms with van der Waals surface area (Å²) < 4.78 is 16.9. The van der Waals surface area contributed by atoms with Crippen molar-refractivity contribution < 1.29 is 28.9 Å². The molecule has 0 saturated heterocycles. The number of carbonyl (C=O) groups excluding carboxylic acids is 2. The van der Waals surface area contributed by atoms with Crippen molar-refractivity contribution in [2.24, 2.45) is 0 Å². The second kappa shape index (κ2) is 13.5. The van der Waals surface area contributed by atoms with E-state index in [-0.39, 0.29) is 5.57 Å². The molecule has 0 spiro atoms. The Morgan fingerprint density at radius 3 is 2.50 bits per heavy atom. The van der Waals surface area contributed by atoms with E-state index in [2.05, 4.69) is 6.92 Å². The van der Waals surface area contributed by atoms with E-state index in [0.717, 1.165) is 18.4 Å².